The molecule has 9 heteroatoms. The van der Waals surface area contributed by atoms with Crippen LogP contribution in [0.2, 0.25) is 0 Å². The van der Waals surface area contributed by atoms with Gasteiger partial charge in [-0.3, -0.25) is 9.69 Å². The maximum Gasteiger partial charge on any atom is 0.309 e. The van der Waals surface area contributed by atoms with E-state index in [9.17, 15) is 9.90 Å². The number of piperidine rings is 1. The van der Waals surface area contributed by atoms with Gasteiger partial charge in [0.15, 0.2) is 5.13 Å². The summed E-state index contributed by atoms with van der Waals surface area (Å²) < 4.78 is 28.1. The number of unbranched alkanes of at least 4 members (excludes halogenated alkanes) is 1. The topological polar surface area (TPSA) is 75.1 Å². The number of nitrogens with zero attached hydrogens (tertiary/aromatic N) is 3. The lowest BCUT2D eigenvalue weighted by atomic mass is 9.90. The number of fused-ring (bicyclic) bond motifs is 1. The highest BCUT2D eigenvalue weighted by Crippen LogP contribution is 2.37. The third-order valence-electron chi connectivity index (χ3n) is 9.48. The first-order valence-corrected chi connectivity index (χ1v) is 17.4. The van der Waals surface area contributed by atoms with Crippen LogP contribution in [0.25, 0.3) is 11.3 Å². The number of aryl methyl sites for hydroxylation is 2. The highest BCUT2D eigenvalue weighted by Gasteiger charge is 2.36. The second kappa shape index (κ2) is 15.1. The number of ether oxygens (including phenoxy) is 2. The van der Waals surface area contributed by atoms with Crippen LogP contribution in [-0.2, 0) is 29.1 Å². The summed E-state index contributed by atoms with van der Waals surface area (Å²) in [5, 5.41) is 12.5. The second-order valence-electron chi connectivity index (χ2n) is 12.5. The van der Waals surface area contributed by atoms with Gasteiger partial charge in [-0.25, -0.2) is 9.37 Å². The van der Waals surface area contributed by atoms with Crippen molar-refractivity contribution in [3.8, 4) is 17.0 Å². The average Bonchev–Trinajstić information content (AvgIpc) is 3.53. The van der Waals surface area contributed by atoms with Crippen molar-refractivity contribution < 1.29 is 23.8 Å². The van der Waals surface area contributed by atoms with Crippen LogP contribution in [0.3, 0.4) is 0 Å². The van der Waals surface area contributed by atoms with Crippen LogP contribution in [0.1, 0.15) is 80.7 Å². The second-order valence-corrected chi connectivity index (χ2v) is 13.4. The number of carboxylic acid groups (broad SMARTS) is 1. The van der Waals surface area contributed by atoms with Crippen molar-refractivity contribution in [2.75, 3.05) is 31.1 Å². The van der Waals surface area contributed by atoms with Gasteiger partial charge in [0.2, 0.25) is 0 Å². The van der Waals surface area contributed by atoms with Gasteiger partial charge in [-0.05, 0) is 81.3 Å². The van der Waals surface area contributed by atoms with E-state index in [1.165, 1.54) is 30.6 Å². The number of aliphatic carboxylic acids is 1. The van der Waals surface area contributed by atoms with Crippen LogP contribution in [0.5, 0.6) is 5.75 Å². The van der Waals surface area contributed by atoms with E-state index < -0.39 is 11.9 Å². The van der Waals surface area contributed by atoms with Gasteiger partial charge in [-0.15, -0.1) is 11.3 Å². The molecule has 1 fully saturated rings. The van der Waals surface area contributed by atoms with Crippen LogP contribution >= 0.6 is 11.3 Å². The Bertz CT molecular complexity index is 1480. The number of rotatable bonds is 13. The molecule has 2 aliphatic heterocycles. The lowest BCUT2D eigenvalue weighted by Crippen LogP contribution is -2.48. The lowest BCUT2D eigenvalue weighted by Gasteiger charge is -2.36. The molecule has 7 nitrogen and oxygen atoms in total. The molecule has 3 aromatic rings. The summed E-state index contributed by atoms with van der Waals surface area (Å²) in [5.74, 6) is -0.787. The normalized spacial score (nSPS) is 19.4. The first-order chi connectivity index (χ1) is 21.7. The van der Waals surface area contributed by atoms with Crippen LogP contribution in [-0.4, -0.2) is 59.3 Å². The first-order valence-electron chi connectivity index (χ1n) is 16.6. The molecule has 0 amide bonds. The zero-order valence-electron chi connectivity index (χ0n) is 27.4. The number of hydrogen-bond acceptors (Lipinski definition) is 7. The number of thiazole rings is 1. The third-order valence-corrected chi connectivity index (χ3v) is 10.4. The molecule has 1 aromatic heterocycles. The molecule has 1 saturated heterocycles. The van der Waals surface area contributed by atoms with E-state index in [1.807, 2.05) is 37.4 Å². The molecule has 0 spiro atoms. The summed E-state index contributed by atoms with van der Waals surface area (Å²) in [6.45, 7) is 13.9. The molecule has 3 atom stereocenters. The van der Waals surface area contributed by atoms with E-state index >= 15 is 4.39 Å². The zero-order chi connectivity index (χ0) is 32.1. The number of hydrogen-bond donors (Lipinski definition) is 1. The Hall–Kier alpha value is -3.01. The maximum absolute atomic E-state index is 15.9. The Morgan fingerprint density at radius 2 is 2.00 bits per heavy atom. The summed E-state index contributed by atoms with van der Waals surface area (Å²) in [4.78, 5) is 21.4. The predicted octanol–water partition coefficient (Wildman–Crippen LogP) is 7.79. The van der Waals surface area contributed by atoms with Gasteiger partial charge in [-0.1, -0.05) is 38.3 Å². The van der Waals surface area contributed by atoms with E-state index in [2.05, 4.69) is 36.6 Å². The van der Waals surface area contributed by atoms with Crippen molar-refractivity contribution in [2.45, 2.75) is 98.4 Å². The van der Waals surface area contributed by atoms with E-state index in [1.54, 1.807) is 0 Å². The fourth-order valence-electron chi connectivity index (χ4n) is 6.91. The number of benzene rings is 2. The van der Waals surface area contributed by atoms with Gasteiger partial charge in [0.05, 0.1) is 17.7 Å². The SMILES string of the molecule is CCCCC(CC)N1CCc2c(F)c(COc3ccc(C)cc3-c3csc(N4CC[C@H](C(=O)O)[C@H](OCC)C4)n3)cc(C)c2C1. The molecule has 244 valence electrons. The van der Waals surface area contributed by atoms with Crippen molar-refractivity contribution in [1.29, 1.82) is 0 Å². The van der Waals surface area contributed by atoms with Gasteiger partial charge in [0, 0.05) is 55.3 Å². The fraction of sp³-hybridized carbons (Fsp3) is 0.556. The van der Waals surface area contributed by atoms with Crippen molar-refractivity contribution in [3.63, 3.8) is 0 Å². The summed E-state index contributed by atoms with van der Waals surface area (Å²) in [6, 6.07) is 8.52. The van der Waals surface area contributed by atoms with E-state index in [-0.39, 0.29) is 18.5 Å². The minimum absolute atomic E-state index is 0.130. The fourth-order valence-corrected chi connectivity index (χ4v) is 7.77. The Morgan fingerprint density at radius 3 is 2.73 bits per heavy atom. The molecule has 1 unspecified atom stereocenters. The Labute approximate surface area is 271 Å². The smallest absolute Gasteiger partial charge is 0.309 e. The maximum atomic E-state index is 15.9. The number of halogens is 1. The molecule has 0 aliphatic carbocycles. The van der Waals surface area contributed by atoms with Gasteiger partial charge in [0.25, 0.3) is 0 Å². The molecule has 0 saturated carbocycles. The number of anilines is 1. The van der Waals surface area contributed by atoms with Gasteiger partial charge < -0.3 is 19.5 Å². The molecule has 1 N–H and O–H groups in total. The number of carboxylic acids is 1. The molecule has 3 heterocycles. The predicted molar refractivity (Wildman–Crippen MR) is 179 cm³/mol. The average molecular weight is 638 g/mol. The van der Waals surface area contributed by atoms with Crippen LogP contribution in [0, 0.1) is 25.6 Å². The molecular formula is C36H48FN3O4S. The summed E-state index contributed by atoms with van der Waals surface area (Å²) in [7, 11) is 0. The summed E-state index contributed by atoms with van der Waals surface area (Å²) in [5.41, 5.74) is 6.44. The van der Waals surface area contributed by atoms with E-state index in [0.717, 1.165) is 64.6 Å². The van der Waals surface area contributed by atoms with E-state index in [0.29, 0.717) is 43.5 Å². The van der Waals surface area contributed by atoms with Crippen molar-refractivity contribution >= 4 is 22.4 Å². The van der Waals surface area contributed by atoms with Crippen LogP contribution in [0.15, 0.2) is 29.6 Å². The van der Waals surface area contributed by atoms with Crippen LogP contribution < -0.4 is 9.64 Å². The summed E-state index contributed by atoms with van der Waals surface area (Å²) in [6.07, 6.45) is 5.62. The van der Waals surface area contributed by atoms with E-state index in [4.69, 9.17) is 14.5 Å². The van der Waals surface area contributed by atoms with Crippen molar-refractivity contribution in [2.24, 2.45) is 5.92 Å². The first kappa shape index (κ1) is 33.4. The van der Waals surface area contributed by atoms with Gasteiger partial charge >= 0.3 is 5.97 Å². The van der Waals surface area contributed by atoms with Crippen molar-refractivity contribution in [3.05, 3.63) is 63.3 Å². The number of carbonyl (C=O) groups is 1. The minimum Gasteiger partial charge on any atom is -0.488 e. The molecule has 0 bridgehead atoms. The quantitative estimate of drug-likeness (QED) is 0.205. The standard InChI is InChI=1S/C36H48FN3O4S/c1-6-9-10-26(7-2)39-15-13-27-30(19-39)24(5)18-25(34(27)37)21-44-32-12-11-23(4)17-29(32)31-22-45-36(38-31)40-16-14-28(35(41)42)33(20-40)43-8-3/h11-12,17-18,22,26,28,33H,6-10,13-16,19-21H2,1-5H3,(H,41,42)/t26?,28-,33+/m0/s1. The molecule has 0 radical (unpaired) electrons. The van der Waals surface area contributed by atoms with Gasteiger partial charge in [-0.2, -0.15) is 0 Å². The Kier molecular flexibility index (Phi) is 11.2. The highest BCUT2D eigenvalue weighted by atomic mass is 32.1. The molecule has 45 heavy (non-hydrogen) atoms. The monoisotopic (exact) mass is 637 g/mol. The third kappa shape index (κ3) is 7.53. The molecule has 2 aliphatic rings. The lowest BCUT2D eigenvalue weighted by molar-refractivity contribution is -0.148. The Balaban J connectivity index is 1.32. The number of aromatic nitrogens is 1. The summed E-state index contributed by atoms with van der Waals surface area (Å²) >= 11 is 1.53. The molecule has 5 rings (SSSR count). The van der Waals surface area contributed by atoms with Crippen molar-refractivity contribution in [1.82, 2.24) is 9.88 Å². The zero-order valence-corrected chi connectivity index (χ0v) is 28.2. The highest BCUT2D eigenvalue weighted by molar-refractivity contribution is 7.14. The van der Waals surface area contributed by atoms with Gasteiger partial charge in [0.1, 0.15) is 18.2 Å². The minimum atomic E-state index is -0.811. The van der Waals surface area contributed by atoms with Crippen LogP contribution in [0.4, 0.5) is 9.52 Å². The largest absolute Gasteiger partial charge is 0.488 e. The molecular weight excluding hydrogens is 589 g/mol. The Morgan fingerprint density at radius 1 is 1.18 bits per heavy atom. The molecule has 2 aromatic carbocycles.